The molecule has 0 bridgehead atoms. The standard InChI is InChI=1S/C11H15Cl2NO/c1-2-5-15-11-9(12)6-8(3-4-14)7-10(11)13/h6-7H,2-5,14H2,1H3. The van der Waals surface area contributed by atoms with E-state index in [2.05, 4.69) is 0 Å². The lowest BCUT2D eigenvalue weighted by Crippen LogP contribution is -2.03. The predicted molar refractivity (Wildman–Crippen MR) is 65.0 cm³/mol. The Bertz CT molecular complexity index is 305. The van der Waals surface area contributed by atoms with Crippen LogP contribution in [0.15, 0.2) is 12.1 Å². The first-order valence-corrected chi connectivity index (χ1v) is 5.75. The largest absolute Gasteiger partial charge is 0.490 e. The Kier molecular flexibility index (Phi) is 5.23. The molecule has 0 fully saturated rings. The van der Waals surface area contributed by atoms with Crippen LogP contribution in [0.3, 0.4) is 0 Å². The summed E-state index contributed by atoms with van der Waals surface area (Å²) in [6, 6.07) is 3.70. The maximum absolute atomic E-state index is 6.06. The lowest BCUT2D eigenvalue weighted by molar-refractivity contribution is 0.318. The third-order valence-corrected chi connectivity index (χ3v) is 2.50. The van der Waals surface area contributed by atoms with Crippen LogP contribution in [0.5, 0.6) is 5.75 Å². The molecule has 0 aromatic heterocycles. The number of halogens is 2. The summed E-state index contributed by atoms with van der Waals surface area (Å²) >= 11 is 12.1. The van der Waals surface area contributed by atoms with Crippen molar-refractivity contribution in [2.24, 2.45) is 5.73 Å². The van der Waals surface area contributed by atoms with Gasteiger partial charge in [0.15, 0.2) is 5.75 Å². The monoisotopic (exact) mass is 247 g/mol. The first-order chi connectivity index (χ1) is 7.19. The van der Waals surface area contributed by atoms with E-state index in [9.17, 15) is 0 Å². The summed E-state index contributed by atoms with van der Waals surface area (Å²) < 4.78 is 5.45. The minimum atomic E-state index is 0.555. The second-order valence-electron chi connectivity index (χ2n) is 3.28. The highest BCUT2D eigenvalue weighted by molar-refractivity contribution is 6.37. The van der Waals surface area contributed by atoms with Crippen molar-refractivity contribution < 1.29 is 4.74 Å². The summed E-state index contributed by atoms with van der Waals surface area (Å²) in [5.74, 6) is 0.570. The van der Waals surface area contributed by atoms with Gasteiger partial charge in [-0.25, -0.2) is 0 Å². The minimum Gasteiger partial charge on any atom is -0.490 e. The van der Waals surface area contributed by atoms with Gasteiger partial charge in [0.25, 0.3) is 0 Å². The fourth-order valence-corrected chi connectivity index (χ4v) is 1.91. The van der Waals surface area contributed by atoms with Crippen LogP contribution in [0.2, 0.25) is 10.0 Å². The van der Waals surface area contributed by atoms with Crippen LogP contribution >= 0.6 is 23.2 Å². The Morgan fingerprint density at radius 3 is 2.33 bits per heavy atom. The van der Waals surface area contributed by atoms with E-state index in [1.54, 1.807) is 0 Å². The summed E-state index contributed by atoms with van der Waals surface area (Å²) in [5, 5.41) is 1.11. The molecule has 0 heterocycles. The minimum absolute atomic E-state index is 0.555. The molecule has 0 radical (unpaired) electrons. The normalized spacial score (nSPS) is 10.4. The molecule has 4 heteroatoms. The Labute approximate surface area is 100 Å². The summed E-state index contributed by atoms with van der Waals surface area (Å²) in [5.41, 5.74) is 6.50. The first-order valence-electron chi connectivity index (χ1n) is 4.99. The van der Waals surface area contributed by atoms with Crippen LogP contribution < -0.4 is 10.5 Å². The molecule has 2 N–H and O–H groups in total. The molecule has 0 unspecified atom stereocenters. The third-order valence-electron chi connectivity index (χ3n) is 1.94. The highest BCUT2D eigenvalue weighted by Gasteiger charge is 2.08. The zero-order chi connectivity index (χ0) is 11.3. The maximum atomic E-state index is 6.06. The molecule has 1 rings (SSSR count). The van der Waals surface area contributed by atoms with Crippen LogP contribution in [-0.4, -0.2) is 13.2 Å². The summed E-state index contributed by atoms with van der Waals surface area (Å²) in [6.07, 6.45) is 1.70. The van der Waals surface area contributed by atoms with E-state index in [4.69, 9.17) is 33.7 Å². The van der Waals surface area contributed by atoms with Gasteiger partial charge >= 0.3 is 0 Å². The van der Waals surface area contributed by atoms with Gasteiger partial charge in [-0.1, -0.05) is 30.1 Å². The quantitative estimate of drug-likeness (QED) is 0.867. The second-order valence-corrected chi connectivity index (χ2v) is 4.09. The highest BCUT2D eigenvalue weighted by atomic mass is 35.5. The number of hydrogen-bond acceptors (Lipinski definition) is 2. The molecule has 0 atom stereocenters. The van der Waals surface area contributed by atoms with E-state index in [1.165, 1.54) is 0 Å². The van der Waals surface area contributed by atoms with Crippen LogP contribution in [0, 0.1) is 0 Å². The van der Waals surface area contributed by atoms with Gasteiger partial charge < -0.3 is 10.5 Å². The number of benzene rings is 1. The van der Waals surface area contributed by atoms with E-state index in [0.717, 1.165) is 18.4 Å². The second kappa shape index (κ2) is 6.21. The fourth-order valence-electron chi connectivity index (χ4n) is 1.27. The van der Waals surface area contributed by atoms with Gasteiger partial charge in [-0.2, -0.15) is 0 Å². The maximum Gasteiger partial charge on any atom is 0.156 e. The average molecular weight is 248 g/mol. The molecule has 1 aromatic carbocycles. The van der Waals surface area contributed by atoms with Crippen molar-refractivity contribution in [3.63, 3.8) is 0 Å². The zero-order valence-electron chi connectivity index (χ0n) is 8.72. The molecule has 84 valence electrons. The van der Waals surface area contributed by atoms with Crippen LogP contribution in [0.25, 0.3) is 0 Å². The molecule has 0 saturated heterocycles. The van der Waals surface area contributed by atoms with Crippen molar-refractivity contribution in [1.82, 2.24) is 0 Å². The first kappa shape index (κ1) is 12.6. The van der Waals surface area contributed by atoms with Gasteiger partial charge in [0, 0.05) is 0 Å². The van der Waals surface area contributed by atoms with Crippen LogP contribution in [0.4, 0.5) is 0 Å². The fraction of sp³-hybridized carbons (Fsp3) is 0.455. The highest BCUT2D eigenvalue weighted by Crippen LogP contribution is 2.34. The lowest BCUT2D eigenvalue weighted by atomic mass is 10.1. The van der Waals surface area contributed by atoms with Crippen molar-refractivity contribution in [3.8, 4) is 5.75 Å². The van der Waals surface area contributed by atoms with E-state index >= 15 is 0 Å². The van der Waals surface area contributed by atoms with E-state index in [-0.39, 0.29) is 0 Å². The summed E-state index contributed by atoms with van der Waals surface area (Å²) in [6.45, 7) is 3.24. The third kappa shape index (κ3) is 3.56. The van der Waals surface area contributed by atoms with Gasteiger partial charge in [-0.15, -0.1) is 0 Å². The Morgan fingerprint density at radius 1 is 1.27 bits per heavy atom. The van der Waals surface area contributed by atoms with Gasteiger partial charge in [0.05, 0.1) is 16.7 Å². The molecule has 1 aromatic rings. The smallest absolute Gasteiger partial charge is 0.156 e. The molecule has 0 saturated carbocycles. The molecule has 0 amide bonds. The molecule has 2 nitrogen and oxygen atoms in total. The summed E-state index contributed by atoms with van der Waals surface area (Å²) in [7, 11) is 0. The number of hydrogen-bond donors (Lipinski definition) is 1. The molecule has 0 aliphatic rings. The molecule has 15 heavy (non-hydrogen) atoms. The Balaban J connectivity index is 2.88. The summed E-state index contributed by atoms with van der Waals surface area (Å²) in [4.78, 5) is 0. The molecular weight excluding hydrogens is 233 g/mol. The van der Waals surface area contributed by atoms with Crippen LogP contribution in [0.1, 0.15) is 18.9 Å². The van der Waals surface area contributed by atoms with Crippen molar-refractivity contribution >= 4 is 23.2 Å². The molecule has 0 aliphatic heterocycles. The topological polar surface area (TPSA) is 35.2 Å². The van der Waals surface area contributed by atoms with Crippen molar-refractivity contribution in [2.45, 2.75) is 19.8 Å². The molecule has 0 aliphatic carbocycles. The van der Waals surface area contributed by atoms with Gasteiger partial charge in [-0.3, -0.25) is 0 Å². The Hall–Kier alpha value is -0.440. The van der Waals surface area contributed by atoms with Gasteiger partial charge in [0.1, 0.15) is 0 Å². The lowest BCUT2D eigenvalue weighted by Gasteiger charge is -2.10. The predicted octanol–water partition coefficient (Wildman–Crippen LogP) is 3.28. The molecular formula is C11H15Cl2NO. The van der Waals surface area contributed by atoms with Crippen molar-refractivity contribution in [1.29, 1.82) is 0 Å². The van der Waals surface area contributed by atoms with Crippen molar-refractivity contribution in [3.05, 3.63) is 27.7 Å². The van der Waals surface area contributed by atoms with E-state index in [0.29, 0.717) is 28.9 Å². The SMILES string of the molecule is CCCOc1c(Cl)cc(CCN)cc1Cl. The van der Waals surface area contributed by atoms with E-state index in [1.807, 2.05) is 19.1 Å². The number of nitrogens with two attached hydrogens (primary N) is 1. The van der Waals surface area contributed by atoms with E-state index < -0.39 is 0 Å². The van der Waals surface area contributed by atoms with Crippen molar-refractivity contribution in [2.75, 3.05) is 13.2 Å². The average Bonchev–Trinajstić information content (AvgIpc) is 2.17. The number of rotatable bonds is 5. The number of ether oxygens (including phenoxy) is 1. The zero-order valence-corrected chi connectivity index (χ0v) is 10.2. The van der Waals surface area contributed by atoms with Gasteiger partial charge in [0.2, 0.25) is 0 Å². The van der Waals surface area contributed by atoms with Gasteiger partial charge in [-0.05, 0) is 37.1 Å². The molecule has 0 spiro atoms. The Morgan fingerprint density at radius 2 is 1.87 bits per heavy atom. The van der Waals surface area contributed by atoms with Crippen LogP contribution in [-0.2, 0) is 6.42 Å².